The zero-order valence-corrected chi connectivity index (χ0v) is 18.9. The van der Waals surface area contributed by atoms with E-state index in [4.69, 9.17) is 0 Å². The van der Waals surface area contributed by atoms with Gasteiger partial charge in [-0.1, -0.05) is 30.3 Å². The normalized spacial score (nSPS) is 18.3. The van der Waals surface area contributed by atoms with Crippen LogP contribution in [0.25, 0.3) is 21.3 Å². The fraction of sp³-hybridized carbons (Fsp3) is 0.269. The minimum absolute atomic E-state index is 0.0338. The van der Waals surface area contributed by atoms with Crippen molar-refractivity contribution in [3.05, 3.63) is 77.6 Å². The van der Waals surface area contributed by atoms with E-state index in [1.807, 2.05) is 29.9 Å². The number of rotatable bonds is 6. The van der Waals surface area contributed by atoms with Gasteiger partial charge in [-0.3, -0.25) is 14.6 Å². The Hall–Kier alpha value is -3.45. The zero-order valence-electron chi connectivity index (χ0n) is 18.1. The number of nitrogens with zero attached hydrogens (tertiary/aromatic N) is 2. The molecule has 2 N–H and O–H groups in total. The highest BCUT2D eigenvalue weighted by Crippen LogP contribution is 2.30. The fourth-order valence-electron chi connectivity index (χ4n) is 4.59. The number of carbonyl (C=O) groups excluding carboxylic acids is 1. The number of carbonyl (C=O) groups is 2. The van der Waals surface area contributed by atoms with Gasteiger partial charge in [0.05, 0.1) is 21.7 Å². The molecule has 6 nitrogen and oxygen atoms in total. The Morgan fingerprint density at radius 3 is 2.55 bits per heavy atom. The van der Waals surface area contributed by atoms with Gasteiger partial charge in [-0.2, -0.15) is 0 Å². The van der Waals surface area contributed by atoms with E-state index in [-0.39, 0.29) is 17.9 Å². The van der Waals surface area contributed by atoms with Crippen molar-refractivity contribution in [3.63, 3.8) is 0 Å². The lowest BCUT2D eigenvalue weighted by Crippen LogP contribution is -2.38. The molecule has 1 aromatic carbocycles. The molecule has 0 aliphatic heterocycles. The van der Waals surface area contributed by atoms with Crippen LogP contribution in [0.2, 0.25) is 0 Å². The first-order valence-electron chi connectivity index (χ1n) is 11.2. The van der Waals surface area contributed by atoms with Crippen LogP contribution in [0.4, 0.5) is 0 Å². The van der Waals surface area contributed by atoms with Crippen LogP contribution in [0.3, 0.4) is 0 Å². The Bertz CT molecular complexity index is 1270. The predicted octanol–water partition coefficient (Wildman–Crippen LogP) is 5.19. The molecular weight excluding hydrogens is 434 g/mol. The summed E-state index contributed by atoms with van der Waals surface area (Å²) in [5.41, 5.74) is 5.00. The second-order valence-corrected chi connectivity index (χ2v) is 9.52. The Balaban J connectivity index is 1.30. The average molecular weight is 460 g/mol. The van der Waals surface area contributed by atoms with Gasteiger partial charge in [-0.25, -0.2) is 0 Å². The molecular formula is C26H25N3O3S. The second kappa shape index (κ2) is 9.19. The first kappa shape index (κ1) is 21.4. The van der Waals surface area contributed by atoms with E-state index in [0.717, 1.165) is 26.9 Å². The number of amides is 1. The molecule has 3 heterocycles. The summed E-state index contributed by atoms with van der Waals surface area (Å²) in [5, 5.41) is 14.2. The lowest BCUT2D eigenvalue weighted by molar-refractivity contribution is -0.142. The van der Waals surface area contributed by atoms with Crippen LogP contribution in [0.1, 0.15) is 41.6 Å². The van der Waals surface area contributed by atoms with Crippen molar-refractivity contribution >= 4 is 33.4 Å². The van der Waals surface area contributed by atoms with Crippen molar-refractivity contribution in [1.82, 2.24) is 14.9 Å². The van der Waals surface area contributed by atoms with Crippen LogP contribution in [0.5, 0.6) is 0 Å². The number of carboxylic acids is 1. The first-order valence-corrected chi connectivity index (χ1v) is 12.1. The number of benzene rings is 1. The summed E-state index contributed by atoms with van der Waals surface area (Å²) in [6.45, 7) is 0.678. The lowest BCUT2D eigenvalue weighted by Gasteiger charge is -2.26. The summed E-state index contributed by atoms with van der Waals surface area (Å²) in [6, 6.07) is 14.5. The number of hydrogen-bond acceptors (Lipinski definition) is 4. The van der Waals surface area contributed by atoms with Gasteiger partial charge >= 0.3 is 5.97 Å². The summed E-state index contributed by atoms with van der Waals surface area (Å²) in [7, 11) is 0. The SMILES string of the molecule is O=C(NC1CCC(C(=O)O)CC1)c1csc2ccn(Cc3ccc(-c4cccnc4)cc3)c12. The van der Waals surface area contributed by atoms with Crippen LogP contribution in [0, 0.1) is 5.92 Å². The van der Waals surface area contributed by atoms with E-state index in [2.05, 4.69) is 45.2 Å². The van der Waals surface area contributed by atoms with Crippen molar-refractivity contribution < 1.29 is 14.7 Å². The molecule has 0 unspecified atom stereocenters. The molecule has 0 radical (unpaired) electrons. The molecule has 168 valence electrons. The molecule has 4 aromatic rings. The molecule has 3 aromatic heterocycles. The van der Waals surface area contributed by atoms with E-state index in [1.54, 1.807) is 17.5 Å². The molecule has 0 atom stereocenters. The molecule has 7 heteroatoms. The number of fused-ring (bicyclic) bond motifs is 1. The van der Waals surface area contributed by atoms with Crippen LogP contribution < -0.4 is 5.32 Å². The van der Waals surface area contributed by atoms with Gasteiger partial charge in [-0.05, 0) is 54.5 Å². The maximum absolute atomic E-state index is 13.1. The number of nitrogens with one attached hydrogen (secondary N) is 1. The third kappa shape index (κ3) is 4.54. The molecule has 0 spiro atoms. The maximum atomic E-state index is 13.1. The molecule has 1 aliphatic carbocycles. The standard InChI is InChI=1S/C26H25N3O3S/c30-25(28-21-9-7-19(8-10-21)26(31)32)22-16-33-23-11-13-29(24(22)23)15-17-3-5-18(6-4-17)20-2-1-12-27-14-20/h1-6,11-14,16,19,21H,7-10,15H2,(H,28,30)(H,31,32). The van der Waals surface area contributed by atoms with E-state index >= 15 is 0 Å². The monoisotopic (exact) mass is 459 g/mol. The topological polar surface area (TPSA) is 84.2 Å². The molecule has 1 saturated carbocycles. The molecule has 0 bridgehead atoms. The predicted molar refractivity (Wildman–Crippen MR) is 129 cm³/mol. The highest BCUT2D eigenvalue weighted by Gasteiger charge is 2.27. The van der Waals surface area contributed by atoms with Crippen molar-refractivity contribution in [3.8, 4) is 11.1 Å². The highest BCUT2D eigenvalue weighted by atomic mass is 32.1. The van der Waals surface area contributed by atoms with Crippen molar-refractivity contribution in [2.45, 2.75) is 38.3 Å². The smallest absolute Gasteiger partial charge is 0.306 e. The summed E-state index contributed by atoms with van der Waals surface area (Å²) in [4.78, 5) is 28.4. The van der Waals surface area contributed by atoms with Crippen LogP contribution in [-0.2, 0) is 11.3 Å². The van der Waals surface area contributed by atoms with Gasteiger partial charge in [0.15, 0.2) is 0 Å². The second-order valence-electron chi connectivity index (χ2n) is 8.60. The lowest BCUT2D eigenvalue weighted by atomic mass is 9.86. The molecule has 1 aliphatic rings. The summed E-state index contributed by atoms with van der Waals surface area (Å²) in [5.74, 6) is -1.09. The molecule has 5 rings (SSSR count). The summed E-state index contributed by atoms with van der Waals surface area (Å²) < 4.78 is 3.21. The zero-order chi connectivity index (χ0) is 22.8. The van der Waals surface area contributed by atoms with Gasteiger partial charge < -0.3 is 15.0 Å². The van der Waals surface area contributed by atoms with Gasteiger partial charge in [-0.15, -0.1) is 11.3 Å². The van der Waals surface area contributed by atoms with Gasteiger partial charge in [0.1, 0.15) is 0 Å². The summed E-state index contributed by atoms with van der Waals surface area (Å²) in [6.07, 6.45) is 8.31. The van der Waals surface area contributed by atoms with E-state index in [0.29, 0.717) is 37.8 Å². The number of hydrogen-bond donors (Lipinski definition) is 2. The number of aromatic nitrogens is 2. The molecule has 1 amide bonds. The number of aliphatic carboxylic acids is 1. The van der Waals surface area contributed by atoms with Gasteiger partial charge in [0, 0.05) is 36.6 Å². The quantitative estimate of drug-likeness (QED) is 0.416. The van der Waals surface area contributed by atoms with E-state index in [1.165, 1.54) is 0 Å². The van der Waals surface area contributed by atoms with Gasteiger partial charge in [0.2, 0.25) is 0 Å². The Morgan fingerprint density at radius 1 is 1.06 bits per heavy atom. The van der Waals surface area contributed by atoms with Crippen molar-refractivity contribution in [1.29, 1.82) is 0 Å². The van der Waals surface area contributed by atoms with Crippen LogP contribution >= 0.6 is 11.3 Å². The van der Waals surface area contributed by atoms with Crippen LogP contribution in [0.15, 0.2) is 66.4 Å². The third-order valence-corrected chi connectivity index (χ3v) is 7.38. The first-order chi connectivity index (χ1) is 16.1. The minimum Gasteiger partial charge on any atom is -0.481 e. The summed E-state index contributed by atoms with van der Waals surface area (Å²) >= 11 is 1.57. The largest absolute Gasteiger partial charge is 0.481 e. The van der Waals surface area contributed by atoms with E-state index in [9.17, 15) is 14.7 Å². The van der Waals surface area contributed by atoms with E-state index < -0.39 is 5.97 Å². The van der Waals surface area contributed by atoms with Gasteiger partial charge in [0.25, 0.3) is 5.91 Å². The third-order valence-electron chi connectivity index (χ3n) is 6.44. The Kier molecular flexibility index (Phi) is 5.96. The van der Waals surface area contributed by atoms with Crippen molar-refractivity contribution in [2.24, 2.45) is 5.92 Å². The Labute approximate surface area is 195 Å². The number of carboxylic acid groups (broad SMARTS) is 1. The fourth-order valence-corrected chi connectivity index (χ4v) is 5.53. The molecule has 0 saturated heterocycles. The van der Waals surface area contributed by atoms with Crippen molar-refractivity contribution in [2.75, 3.05) is 0 Å². The number of thiophene rings is 1. The Morgan fingerprint density at radius 2 is 1.85 bits per heavy atom. The molecule has 1 fully saturated rings. The van der Waals surface area contributed by atoms with Crippen LogP contribution in [-0.4, -0.2) is 32.6 Å². The average Bonchev–Trinajstić information content (AvgIpc) is 3.44. The number of pyridine rings is 1. The highest BCUT2D eigenvalue weighted by molar-refractivity contribution is 7.17. The molecule has 33 heavy (non-hydrogen) atoms. The minimum atomic E-state index is -0.731. The maximum Gasteiger partial charge on any atom is 0.306 e.